The van der Waals surface area contributed by atoms with E-state index in [4.69, 9.17) is 21.3 Å². The minimum atomic E-state index is -0.152. The third-order valence-corrected chi connectivity index (χ3v) is 5.74. The Morgan fingerprint density at radius 3 is 2.66 bits per heavy atom. The van der Waals surface area contributed by atoms with Crippen LogP contribution in [0.4, 0.5) is 5.13 Å². The van der Waals surface area contributed by atoms with Crippen molar-refractivity contribution < 1.29 is 9.53 Å². The minimum Gasteiger partial charge on any atom is -0.497 e. The van der Waals surface area contributed by atoms with Crippen LogP contribution in [0, 0.1) is 6.92 Å². The highest BCUT2D eigenvalue weighted by molar-refractivity contribution is 7.22. The average molecular weight is 424 g/mol. The first kappa shape index (κ1) is 19.4. The Balaban J connectivity index is 1.77. The van der Waals surface area contributed by atoms with Crippen LogP contribution < -0.4 is 9.64 Å². The van der Waals surface area contributed by atoms with Gasteiger partial charge in [0.25, 0.3) is 5.91 Å². The number of rotatable bonds is 5. The summed E-state index contributed by atoms with van der Waals surface area (Å²) < 4.78 is 6.14. The molecule has 0 radical (unpaired) electrons. The Morgan fingerprint density at radius 1 is 1.17 bits per heavy atom. The summed E-state index contributed by atoms with van der Waals surface area (Å²) in [5, 5.41) is 1.26. The third kappa shape index (κ3) is 4.09. The Kier molecular flexibility index (Phi) is 5.47. The molecule has 4 aromatic rings. The molecular weight excluding hydrogens is 406 g/mol. The average Bonchev–Trinajstić information content (AvgIpc) is 3.16. The monoisotopic (exact) mass is 423 g/mol. The van der Waals surface area contributed by atoms with Crippen LogP contribution in [-0.2, 0) is 6.54 Å². The summed E-state index contributed by atoms with van der Waals surface area (Å²) in [4.78, 5) is 24.1. The highest BCUT2D eigenvalue weighted by atomic mass is 35.5. The van der Waals surface area contributed by atoms with Crippen molar-refractivity contribution in [1.82, 2.24) is 9.97 Å². The van der Waals surface area contributed by atoms with Crippen molar-refractivity contribution in [3.05, 3.63) is 82.6 Å². The van der Waals surface area contributed by atoms with Gasteiger partial charge < -0.3 is 4.74 Å². The van der Waals surface area contributed by atoms with E-state index in [2.05, 4.69) is 4.98 Å². The number of benzene rings is 2. The van der Waals surface area contributed by atoms with Gasteiger partial charge in [0.05, 0.1) is 29.6 Å². The molecule has 29 heavy (non-hydrogen) atoms. The molecule has 0 saturated heterocycles. The molecule has 0 atom stereocenters. The molecule has 1 amide bonds. The Labute approximate surface area is 177 Å². The molecule has 0 N–H and O–H groups in total. The molecule has 0 aliphatic heterocycles. The molecule has 0 spiro atoms. The van der Waals surface area contributed by atoms with Crippen LogP contribution in [0.1, 0.15) is 21.6 Å². The quantitative estimate of drug-likeness (QED) is 0.424. The Morgan fingerprint density at radius 2 is 1.97 bits per heavy atom. The van der Waals surface area contributed by atoms with E-state index in [1.54, 1.807) is 42.5 Å². The lowest BCUT2D eigenvalue weighted by Gasteiger charge is -2.19. The second kappa shape index (κ2) is 8.19. The van der Waals surface area contributed by atoms with Gasteiger partial charge >= 0.3 is 0 Å². The number of amides is 1. The first-order chi connectivity index (χ1) is 14.0. The van der Waals surface area contributed by atoms with Crippen molar-refractivity contribution in [2.75, 3.05) is 12.0 Å². The van der Waals surface area contributed by atoms with Crippen LogP contribution in [0.2, 0.25) is 5.02 Å². The molecule has 5 nitrogen and oxygen atoms in total. The summed E-state index contributed by atoms with van der Waals surface area (Å²) in [5.41, 5.74) is 3.16. The van der Waals surface area contributed by atoms with E-state index in [0.29, 0.717) is 28.0 Å². The molecular formula is C22H18ClN3O2S. The maximum absolute atomic E-state index is 13.4. The van der Waals surface area contributed by atoms with Gasteiger partial charge in [-0.3, -0.25) is 14.7 Å². The Hall–Kier alpha value is -2.96. The first-order valence-electron chi connectivity index (χ1n) is 8.97. The summed E-state index contributed by atoms with van der Waals surface area (Å²) in [6.07, 6.45) is 1.72. The second-order valence-electron chi connectivity index (χ2n) is 6.51. The predicted octanol–water partition coefficient (Wildman–Crippen LogP) is 5.51. The van der Waals surface area contributed by atoms with Crippen LogP contribution in [0.15, 0.2) is 60.8 Å². The maximum Gasteiger partial charge on any atom is 0.260 e. The van der Waals surface area contributed by atoms with E-state index in [0.717, 1.165) is 21.5 Å². The number of ether oxygens (including phenoxy) is 1. The number of methoxy groups -OCH3 is 1. The lowest BCUT2D eigenvalue weighted by Crippen LogP contribution is -2.30. The summed E-state index contributed by atoms with van der Waals surface area (Å²) in [6.45, 7) is 2.28. The molecule has 0 aliphatic carbocycles. The minimum absolute atomic E-state index is 0.152. The van der Waals surface area contributed by atoms with E-state index < -0.39 is 0 Å². The van der Waals surface area contributed by atoms with Gasteiger partial charge in [0.2, 0.25) is 0 Å². The van der Waals surface area contributed by atoms with Crippen LogP contribution in [0.25, 0.3) is 10.2 Å². The molecule has 0 unspecified atom stereocenters. The van der Waals surface area contributed by atoms with Crippen molar-refractivity contribution in [3.63, 3.8) is 0 Å². The molecule has 0 saturated carbocycles. The van der Waals surface area contributed by atoms with Crippen molar-refractivity contribution in [2.24, 2.45) is 0 Å². The number of hydrogen-bond donors (Lipinski definition) is 0. The lowest BCUT2D eigenvalue weighted by molar-refractivity contribution is 0.0985. The fourth-order valence-corrected chi connectivity index (χ4v) is 4.45. The van der Waals surface area contributed by atoms with Gasteiger partial charge in [-0.15, -0.1) is 0 Å². The highest BCUT2D eigenvalue weighted by Gasteiger charge is 2.23. The molecule has 146 valence electrons. The van der Waals surface area contributed by atoms with Gasteiger partial charge in [0.1, 0.15) is 5.75 Å². The number of aryl methyl sites for hydroxylation is 1. The summed E-state index contributed by atoms with van der Waals surface area (Å²) >= 11 is 7.65. The number of hydrogen-bond acceptors (Lipinski definition) is 5. The molecule has 7 heteroatoms. The third-order valence-electron chi connectivity index (χ3n) is 4.50. The van der Waals surface area contributed by atoms with Crippen molar-refractivity contribution in [3.8, 4) is 5.75 Å². The fraction of sp³-hybridized carbons (Fsp3) is 0.136. The summed E-state index contributed by atoms with van der Waals surface area (Å²) in [7, 11) is 1.60. The van der Waals surface area contributed by atoms with Crippen LogP contribution in [-0.4, -0.2) is 23.0 Å². The van der Waals surface area contributed by atoms with Gasteiger partial charge in [0, 0.05) is 16.8 Å². The van der Waals surface area contributed by atoms with Gasteiger partial charge in [-0.25, -0.2) is 4.98 Å². The molecule has 4 rings (SSSR count). The number of carbonyl (C=O) groups excluding carboxylic acids is 1. The summed E-state index contributed by atoms with van der Waals surface area (Å²) in [5.74, 6) is 0.546. The number of thiazole rings is 1. The van der Waals surface area contributed by atoms with E-state index >= 15 is 0 Å². The summed E-state index contributed by atoms with van der Waals surface area (Å²) in [6, 6.07) is 16.4. The smallest absolute Gasteiger partial charge is 0.260 e. The van der Waals surface area contributed by atoms with E-state index in [1.165, 1.54) is 11.3 Å². The topological polar surface area (TPSA) is 55.3 Å². The number of halogens is 1. The molecule has 2 aromatic carbocycles. The maximum atomic E-state index is 13.4. The SMILES string of the molecule is COc1ccc(C(=O)N(Cc2ccccn2)c2nc3c(C)cc(Cl)cc3s2)cc1. The number of pyridine rings is 1. The fourth-order valence-electron chi connectivity index (χ4n) is 3.03. The van der Waals surface area contributed by atoms with Gasteiger partial charge in [0.15, 0.2) is 5.13 Å². The highest BCUT2D eigenvalue weighted by Crippen LogP contribution is 2.34. The first-order valence-corrected chi connectivity index (χ1v) is 10.2. The number of fused-ring (bicyclic) bond motifs is 1. The van der Waals surface area contributed by atoms with Crippen molar-refractivity contribution in [2.45, 2.75) is 13.5 Å². The second-order valence-corrected chi connectivity index (χ2v) is 7.95. The number of anilines is 1. The standard InChI is InChI=1S/C22H18ClN3O2S/c1-14-11-16(23)12-19-20(14)25-22(29-19)26(13-17-5-3-4-10-24-17)21(27)15-6-8-18(28-2)9-7-15/h3-12H,13H2,1-2H3. The molecule has 0 fully saturated rings. The zero-order valence-corrected chi connectivity index (χ0v) is 17.5. The zero-order chi connectivity index (χ0) is 20.4. The van der Waals surface area contributed by atoms with E-state index in [-0.39, 0.29) is 5.91 Å². The zero-order valence-electron chi connectivity index (χ0n) is 15.9. The van der Waals surface area contributed by atoms with E-state index in [1.807, 2.05) is 37.3 Å². The van der Waals surface area contributed by atoms with Crippen LogP contribution in [0.3, 0.4) is 0 Å². The molecule has 2 aromatic heterocycles. The molecule has 2 heterocycles. The van der Waals surface area contributed by atoms with E-state index in [9.17, 15) is 4.79 Å². The van der Waals surface area contributed by atoms with Crippen LogP contribution >= 0.6 is 22.9 Å². The number of aromatic nitrogens is 2. The largest absolute Gasteiger partial charge is 0.497 e. The van der Waals surface area contributed by atoms with Crippen LogP contribution in [0.5, 0.6) is 5.75 Å². The normalized spacial score (nSPS) is 10.9. The molecule has 0 bridgehead atoms. The number of carbonyl (C=O) groups is 1. The van der Waals surface area contributed by atoms with Gasteiger partial charge in [-0.2, -0.15) is 0 Å². The lowest BCUT2D eigenvalue weighted by atomic mass is 10.2. The Bertz CT molecular complexity index is 1160. The molecule has 0 aliphatic rings. The van der Waals surface area contributed by atoms with Crippen molar-refractivity contribution in [1.29, 1.82) is 0 Å². The number of nitrogens with zero attached hydrogens (tertiary/aromatic N) is 3. The van der Waals surface area contributed by atoms with Gasteiger partial charge in [-0.1, -0.05) is 29.0 Å². The van der Waals surface area contributed by atoms with Crippen molar-refractivity contribution >= 4 is 44.2 Å². The predicted molar refractivity (Wildman–Crippen MR) is 117 cm³/mol. The van der Waals surface area contributed by atoms with Gasteiger partial charge in [-0.05, 0) is 61.0 Å².